The minimum Gasteiger partial charge on any atom is -0.481 e. The van der Waals surface area contributed by atoms with E-state index in [0.29, 0.717) is 6.42 Å². The summed E-state index contributed by atoms with van der Waals surface area (Å²) >= 11 is 0. The largest absolute Gasteiger partial charge is 0.481 e. The predicted molar refractivity (Wildman–Crippen MR) is 52.4 cm³/mol. The molecule has 0 fully saturated rings. The SMILES string of the molecule is [B]c1cccc(CCCC(=O)O)c1. The maximum Gasteiger partial charge on any atom is 0.303 e. The third kappa shape index (κ3) is 3.79. The van der Waals surface area contributed by atoms with Crippen molar-refractivity contribution in [3.63, 3.8) is 0 Å². The van der Waals surface area contributed by atoms with Crippen molar-refractivity contribution in [2.75, 3.05) is 0 Å². The fourth-order valence-electron chi connectivity index (χ4n) is 1.19. The minimum absolute atomic E-state index is 0.217. The molecular formula is C10H11BO2. The zero-order valence-corrected chi connectivity index (χ0v) is 7.36. The van der Waals surface area contributed by atoms with Gasteiger partial charge in [-0.25, -0.2) is 0 Å². The second kappa shape index (κ2) is 4.70. The van der Waals surface area contributed by atoms with Crippen molar-refractivity contribution < 1.29 is 9.90 Å². The van der Waals surface area contributed by atoms with Gasteiger partial charge in [-0.05, 0) is 18.4 Å². The van der Waals surface area contributed by atoms with Crippen LogP contribution in [0.15, 0.2) is 24.3 Å². The minimum atomic E-state index is -0.746. The molecule has 0 amide bonds. The summed E-state index contributed by atoms with van der Waals surface area (Å²) in [6, 6.07) is 7.53. The van der Waals surface area contributed by atoms with E-state index in [1.807, 2.05) is 24.3 Å². The summed E-state index contributed by atoms with van der Waals surface area (Å²) in [5, 5.41) is 8.42. The summed E-state index contributed by atoms with van der Waals surface area (Å²) in [4.78, 5) is 10.2. The molecule has 3 heteroatoms. The van der Waals surface area contributed by atoms with Gasteiger partial charge in [-0.3, -0.25) is 4.79 Å². The molecule has 2 nitrogen and oxygen atoms in total. The molecule has 0 aliphatic carbocycles. The first-order valence-corrected chi connectivity index (χ1v) is 4.24. The van der Waals surface area contributed by atoms with Crippen molar-refractivity contribution in [3.05, 3.63) is 29.8 Å². The van der Waals surface area contributed by atoms with Gasteiger partial charge in [0.05, 0.1) is 0 Å². The van der Waals surface area contributed by atoms with E-state index < -0.39 is 5.97 Å². The van der Waals surface area contributed by atoms with Crippen LogP contribution in [0.5, 0.6) is 0 Å². The quantitative estimate of drug-likeness (QED) is 0.688. The van der Waals surface area contributed by atoms with Crippen molar-refractivity contribution in [2.45, 2.75) is 19.3 Å². The number of hydrogen-bond donors (Lipinski definition) is 1. The smallest absolute Gasteiger partial charge is 0.303 e. The lowest BCUT2D eigenvalue weighted by Gasteiger charge is -2.00. The van der Waals surface area contributed by atoms with Crippen LogP contribution in [0.25, 0.3) is 0 Å². The highest BCUT2D eigenvalue weighted by Crippen LogP contribution is 2.02. The van der Waals surface area contributed by atoms with Gasteiger partial charge in [-0.15, -0.1) is 0 Å². The summed E-state index contributed by atoms with van der Waals surface area (Å²) in [5.74, 6) is -0.746. The van der Waals surface area contributed by atoms with Gasteiger partial charge in [-0.1, -0.05) is 29.7 Å². The second-order valence-electron chi connectivity index (χ2n) is 2.99. The van der Waals surface area contributed by atoms with Crippen molar-refractivity contribution in [1.82, 2.24) is 0 Å². The third-order valence-corrected chi connectivity index (χ3v) is 1.81. The molecule has 66 valence electrons. The lowest BCUT2D eigenvalue weighted by Crippen LogP contribution is -2.03. The van der Waals surface area contributed by atoms with E-state index >= 15 is 0 Å². The van der Waals surface area contributed by atoms with Crippen LogP contribution in [0, 0.1) is 0 Å². The highest BCUT2D eigenvalue weighted by atomic mass is 16.4. The summed E-state index contributed by atoms with van der Waals surface area (Å²) in [6.45, 7) is 0. The molecule has 0 aromatic heterocycles. The molecule has 0 spiro atoms. The predicted octanol–water partition coefficient (Wildman–Crippen LogP) is 0.888. The van der Waals surface area contributed by atoms with E-state index in [9.17, 15) is 4.79 Å². The Morgan fingerprint density at radius 3 is 2.85 bits per heavy atom. The number of benzene rings is 1. The van der Waals surface area contributed by atoms with Crippen LogP contribution in [0.1, 0.15) is 18.4 Å². The number of carboxylic acid groups (broad SMARTS) is 1. The summed E-state index contributed by atoms with van der Waals surface area (Å²) < 4.78 is 0. The molecule has 1 N–H and O–H groups in total. The van der Waals surface area contributed by atoms with Gasteiger partial charge in [0.1, 0.15) is 7.85 Å². The lowest BCUT2D eigenvalue weighted by atomic mass is 9.93. The van der Waals surface area contributed by atoms with E-state index in [4.69, 9.17) is 13.0 Å². The van der Waals surface area contributed by atoms with Crippen LogP contribution in [0.2, 0.25) is 0 Å². The number of aryl methyl sites for hydroxylation is 1. The number of aliphatic carboxylic acids is 1. The van der Waals surface area contributed by atoms with Gasteiger partial charge in [0, 0.05) is 6.42 Å². The van der Waals surface area contributed by atoms with Gasteiger partial charge in [0.25, 0.3) is 0 Å². The van der Waals surface area contributed by atoms with Crippen LogP contribution in [-0.2, 0) is 11.2 Å². The molecule has 0 bridgehead atoms. The second-order valence-corrected chi connectivity index (χ2v) is 2.99. The first-order chi connectivity index (χ1) is 6.18. The first-order valence-electron chi connectivity index (χ1n) is 4.24. The molecular weight excluding hydrogens is 163 g/mol. The van der Waals surface area contributed by atoms with Gasteiger partial charge < -0.3 is 5.11 Å². The van der Waals surface area contributed by atoms with Gasteiger partial charge in [0.15, 0.2) is 0 Å². The fourth-order valence-corrected chi connectivity index (χ4v) is 1.19. The molecule has 0 aliphatic rings. The molecule has 0 saturated heterocycles. The monoisotopic (exact) mass is 174 g/mol. The summed E-state index contributed by atoms with van der Waals surface area (Å²) in [6.07, 6.45) is 1.66. The number of carbonyl (C=O) groups is 1. The third-order valence-electron chi connectivity index (χ3n) is 1.81. The van der Waals surface area contributed by atoms with Crippen LogP contribution < -0.4 is 5.46 Å². The molecule has 0 aliphatic heterocycles. The molecule has 0 atom stereocenters. The van der Waals surface area contributed by atoms with Crippen LogP contribution >= 0.6 is 0 Å². The van der Waals surface area contributed by atoms with E-state index in [1.54, 1.807) is 0 Å². The zero-order valence-electron chi connectivity index (χ0n) is 7.36. The molecule has 0 heterocycles. The Bertz CT molecular complexity index is 297. The Hall–Kier alpha value is -1.25. The van der Waals surface area contributed by atoms with Crippen molar-refractivity contribution in [2.24, 2.45) is 0 Å². The average molecular weight is 174 g/mol. The topological polar surface area (TPSA) is 37.3 Å². The number of rotatable bonds is 4. The molecule has 2 radical (unpaired) electrons. The Balaban J connectivity index is 2.41. The Kier molecular flexibility index (Phi) is 3.56. The van der Waals surface area contributed by atoms with Crippen LogP contribution in [0.3, 0.4) is 0 Å². The highest BCUT2D eigenvalue weighted by molar-refractivity contribution is 6.32. The van der Waals surface area contributed by atoms with Gasteiger partial charge in [-0.2, -0.15) is 0 Å². The molecule has 0 saturated carbocycles. The first kappa shape index (κ1) is 9.84. The summed E-state index contributed by atoms with van der Waals surface area (Å²) in [7, 11) is 5.57. The van der Waals surface area contributed by atoms with E-state index in [2.05, 4.69) is 0 Å². The maximum absolute atomic E-state index is 10.2. The van der Waals surface area contributed by atoms with E-state index in [0.717, 1.165) is 17.4 Å². The van der Waals surface area contributed by atoms with Crippen molar-refractivity contribution in [1.29, 1.82) is 0 Å². The van der Waals surface area contributed by atoms with E-state index in [-0.39, 0.29) is 6.42 Å². The Morgan fingerprint density at radius 1 is 1.46 bits per heavy atom. The van der Waals surface area contributed by atoms with E-state index in [1.165, 1.54) is 0 Å². The van der Waals surface area contributed by atoms with Crippen LogP contribution in [0.4, 0.5) is 0 Å². The van der Waals surface area contributed by atoms with Crippen molar-refractivity contribution in [3.8, 4) is 0 Å². The molecule has 13 heavy (non-hydrogen) atoms. The van der Waals surface area contributed by atoms with Gasteiger partial charge >= 0.3 is 5.97 Å². The Labute approximate surface area is 79.0 Å². The fraction of sp³-hybridized carbons (Fsp3) is 0.300. The number of carboxylic acids is 1. The molecule has 1 rings (SSSR count). The molecule has 1 aromatic rings. The number of hydrogen-bond acceptors (Lipinski definition) is 1. The molecule has 1 aromatic carbocycles. The lowest BCUT2D eigenvalue weighted by molar-refractivity contribution is -0.137. The highest BCUT2D eigenvalue weighted by Gasteiger charge is 1.97. The van der Waals surface area contributed by atoms with Gasteiger partial charge in [0.2, 0.25) is 0 Å². The standard InChI is InChI=1S/C10H11BO2/c11-9-5-1-3-8(7-9)4-2-6-10(12)13/h1,3,5,7H,2,4,6H2,(H,12,13). The normalized spacial score (nSPS) is 9.85. The summed E-state index contributed by atoms with van der Waals surface area (Å²) in [5.41, 5.74) is 1.83. The van der Waals surface area contributed by atoms with Crippen LogP contribution in [-0.4, -0.2) is 18.9 Å². The molecule has 0 unspecified atom stereocenters. The maximum atomic E-state index is 10.2. The zero-order chi connectivity index (χ0) is 9.68. The van der Waals surface area contributed by atoms with Crippen molar-refractivity contribution >= 4 is 19.3 Å². The Morgan fingerprint density at radius 2 is 2.23 bits per heavy atom. The average Bonchev–Trinajstić information content (AvgIpc) is 2.03.